The second kappa shape index (κ2) is 12.7. The van der Waals surface area contributed by atoms with E-state index in [0.717, 1.165) is 36.8 Å². The Kier molecular flexibility index (Phi) is 8.87. The van der Waals surface area contributed by atoms with Crippen molar-refractivity contribution >= 4 is 17.7 Å². The van der Waals surface area contributed by atoms with Crippen LogP contribution in [0.3, 0.4) is 0 Å². The maximum atomic E-state index is 13.7. The van der Waals surface area contributed by atoms with Gasteiger partial charge in [0.2, 0.25) is 11.8 Å². The summed E-state index contributed by atoms with van der Waals surface area (Å²) in [6.45, 7) is 2.49. The van der Waals surface area contributed by atoms with Gasteiger partial charge < -0.3 is 24.6 Å². The van der Waals surface area contributed by atoms with E-state index >= 15 is 0 Å². The first kappa shape index (κ1) is 27.9. The van der Waals surface area contributed by atoms with E-state index in [2.05, 4.69) is 21.3 Å². The fourth-order valence-corrected chi connectivity index (χ4v) is 6.74. The van der Waals surface area contributed by atoms with Crippen LogP contribution < -0.4 is 14.8 Å². The fourth-order valence-electron chi connectivity index (χ4n) is 6.74. The predicted molar refractivity (Wildman–Crippen MR) is 150 cm³/mol. The molecule has 5 rings (SSSR count). The number of hydrogen-bond donors (Lipinski definition) is 1. The quantitative estimate of drug-likeness (QED) is 0.632. The van der Waals surface area contributed by atoms with E-state index in [9.17, 15) is 14.4 Å². The van der Waals surface area contributed by atoms with Gasteiger partial charge in [0.1, 0.15) is 0 Å². The highest BCUT2D eigenvalue weighted by molar-refractivity contribution is 5.94. The van der Waals surface area contributed by atoms with E-state index in [0.29, 0.717) is 68.9 Å². The maximum Gasteiger partial charge on any atom is 0.255 e. The summed E-state index contributed by atoms with van der Waals surface area (Å²) in [6.07, 6.45) is 8.73. The van der Waals surface area contributed by atoms with E-state index in [1.165, 1.54) is 0 Å². The maximum absolute atomic E-state index is 13.7. The first-order valence-corrected chi connectivity index (χ1v) is 14.5. The molecular formula is C31H40N4O5. The molecule has 4 heterocycles. The zero-order valence-corrected chi connectivity index (χ0v) is 23.6. The summed E-state index contributed by atoms with van der Waals surface area (Å²) in [4.78, 5) is 47.7. The predicted octanol–water partition coefficient (Wildman–Crippen LogP) is 3.25. The van der Waals surface area contributed by atoms with Crippen molar-refractivity contribution in [1.29, 1.82) is 0 Å². The van der Waals surface area contributed by atoms with Crippen molar-refractivity contribution in [2.24, 2.45) is 11.8 Å². The van der Waals surface area contributed by atoms with Crippen LogP contribution in [0.15, 0.2) is 36.7 Å². The number of likely N-dealkylation sites (tertiary alicyclic amines) is 1. The molecule has 1 aromatic carbocycles. The van der Waals surface area contributed by atoms with Crippen LogP contribution in [0.2, 0.25) is 0 Å². The van der Waals surface area contributed by atoms with Crippen molar-refractivity contribution in [1.82, 2.24) is 20.1 Å². The Balaban J connectivity index is 1.37. The Morgan fingerprint density at radius 1 is 1.02 bits per heavy atom. The molecule has 2 aromatic rings. The number of aromatic nitrogens is 1. The van der Waals surface area contributed by atoms with Gasteiger partial charge in [-0.15, -0.1) is 0 Å². The molecule has 2 saturated heterocycles. The minimum absolute atomic E-state index is 0.000539. The molecule has 1 N–H and O–H groups in total. The molecule has 3 amide bonds. The lowest BCUT2D eigenvalue weighted by Crippen LogP contribution is -2.60. The number of carbonyl (C=O) groups is 3. The van der Waals surface area contributed by atoms with Crippen LogP contribution in [0, 0.1) is 11.8 Å². The van der Waals surface area contributed by atoms with Crippen molar-refractivity contribution < 1.29 is 23.9 Å². The third kappa shape index (κ3) is 6.24. The number of piperidine rings is 2. The number of aryl methyl sites for hydroxylation is 2. The molecule has 4 bridgehead atoms. The lowest BCUT2D eigenvalue weighted by Gasteiger charge is -2.51. The van der Waals surface area contributed by atoms with E-state index in [4.69, 9.17) is 9.47 Å². The van der Waals surface area contributed by atoms with Gasteiger partial charge in [-0.05, 0) is 79.7 Å². The Hall–Kier alpha value is -3.62. The number of methoxy groups -OCH3 is 2. The molecule has 3 aliphatic rings. The highest BCUT2D eigenvalue weighted by Crippen LogP contribution is 2.37. The molecular weight excluding hydrogens is 508 g/mol. The van der Waals surface area contributed by atoms with E-state index in [-0.39, 0.29) is 35.6 Å². The molecule has 0 unspecified atom stereocenters. The van der Waals surface area contributed by atoms with Crippen LogP contribution >= 0.6 is 0 Å². The van der Waals surface area contributed by atoms with Crippen LogP contribution in [-0.4, -0.2) is 78.9 Å². The number of carbonyl (C=O) groups excluding carboxylic acids is 3. The second-order valence-corrected chi connectivity index (χ2v) is 11.3. The van der Waals surface area contributed by atoms with Crippen LogP contribution in [0.4, 0.5) is 0 Å². The molecule has 3 aliphatic heterocycles. The number of nitrogens with one attached hydrogen (secondary N) is 1. The van der Waals surface area contributed by atoms with E-state index < -0.39 is 0 Å². The van der Waals surface area contributed by atoms with E-state index in [1.807, 2.05) is 11.0 Å². The van der Waals surface area contributed by atoms with Crippen LogP contribution in [0.5, 0.6) is 11.5 Å². The monoisotopic (exact) mass is 548 g/mol. The Labute approximate surface area is 236 Å². The lowest BCUT2D eigenvalue weighted by molar-refractivity contribution is -0.140. The molecule has 2 fully saturated rings. The van der Waals surface area contributed by atoms with Crippen molar-refractivity contribution in [2.75, 3.05) is 40.4 Å². The van der Waals surface area contributed by atoms with Crippen molar-refractivity contribution in [3.05, 3.63) is 53.3 Å². The molecule has 214 valence electrons. The number of ether oxygens (including phenoxy) is 2. The highest BCUT2D eigenvalue weighted by Gasteiger charge is 2.43. The summed E-state index contributed by atoms with van der Waals surface area (Å²) in [5, 5.41) is 3.05. The minimum Gasteiger partial charge on any atom is -0.493 e. The van der Waals surface area contributed by atoms with Gasteiger partial charge in [0, 0.05) is 57.5 Å². The molecule has 1 aromatic heterocycles. The molecule has 0 aliphatic carbocycles. The zero-order chi connectivity index (χ0) is 28.1. The summed E-state index contributed by atoms with van der Waals surface area (Å²) in [7, 11) is 3.26. The number of amides is 3. The smallest absolute Gasteiger partial charge is 0.255 e. The van der Waals surface area contributed by atoms with Gasteiger partial charge in [0.05, 0.1) is 19.8 Å². The van der Waals surface area contributed by atoms with Gasteiger partial charge in [-0.1, -0.05) is 6.07 Å². The zero-order valence-electron chi connectivity index (χ0n) is 23.6. The molecule has 0 radical (unpaired) electrons. The average molecular weight is 549 g/mol. The summed E-state index contributed by atoms with van der Waals surface area (Å²) < 4.78 is 11.3. The summed E-state index contributed by atoms with van der Waals surface area (Å²) in [6, 6.07) is 7.67. The third-order valence-corrected chi connectivity index (χ3v) is 8.58. The largest absolute Gasteiger partial charge is 0.493 e. The molecule has 9 nitrogen and oxygen atoms in total. The number of hydrogen-bond acceptors (Lipinski definition) is 6. The number of fused-ring (bicyclic) bond motifs is 6. The van der Waals surface area contributed by atoms with Crippen molar-refractivity contribution in [2.45, 2.75) is 57.4 Å². The normalized spacial score (nSPS) is 24.1. The number of rotatable bonds is 3. The van der Waals surface area contributed by atoms with Gasteiger partial charge >= 0.3 is 0 Å². The summed E-state index contributed by atoms with van der Waals surface area (Å²) in [5.41, 5.74) is 2.66. The van der Waals surface area contributed by atoms with Crippen LogP contribution in [-0.2, 0) is 22.4 Å². The molecule has 3 atom stereocenters. The van der Waals surface area contributed by atoms with Gasteiger partial charge in [-0.3, -0.25) is 19.4 Å². The topological polar surface area (TPSA) is 101 Å². The van der Waals surface area contributed by atoms with Crippen LogP contribution in [0.25, 0.3) is 0 Å². The summed E-state index contributed by atoms with van der Waals surface area (Å²) in [5.74, 6) is 1.97. The standard InChI is InChI=1S/C31H40N4O5/c1-39-27-16-21-10-11-29(37)35-19-22-15-25(20-34(18-22)31(38)24-7-4-12-32-17-24)26(35)8-3-9-28(36)33-13-5-6-23(14-21)30(27)40-2/h4,7,12,14,16-17,22,25-26H,3,5-6,8-11,13,15,18-20H2,1-2H3,(H,33,36)/t22-,25-,26-/m0/s1. The SMILES string of the molecule is COc1cc2cc(c1OC)CCCNC(=O)CCC[C@H]1[C@H]3C[C@@H](CN(C(=O)c4cccnc4)C3)CN1C(=O)CC2. The van der Waals surface area contributed by atoms with Gasteiger partial charge in [-0.2, -0.15) is 0 Å². The number of pyridine rings is 1. The first-order chi connectivity index (χ1) is 19.5. The molecule has 0 spiro atoms. The Morgan fingerprint density at radius 2 is 1.90 bits per heavy atom. The van der Waals surface area contributed by atoms with E-state index in [1.54, 1.807) is 38.7 Å². The first-order valence-electron chi connectivity index (χ1n) is 14.5. The van der Waals surface area contributed by atoms with Gasteiger partial charge in [-0.25, -0.2) is 0 Å². The van der Waals surface area contributed by atoms with Crippen molar-refractivity contribution in [3.8, 4) is 11.5 Å². The Bertz CT molecular complexity index is 1220. The van der Waals surface area contributed by atoms with Gasteiger partial charge in [0.15, 0.2) is 11.5 Å². The van der Waals surface area contributed by atoms with Crippen LogP contribution in [0.1, 0.15) is 60.0 Å². The second-order valence-electron chi connectivity index (χ2n) is 11.3. The third-order valence-electron chi connectivity index (χ3n) is 8.58. The fraction of sp³-hybridized carbons (Fsp3) is 0.548. The van der Waals surface area contributed by atoms with Gasteiger partial charge in [0.25, 0.3) is 5.91 Å². The molecule has 9 heteroatoms. The summed E-state index contributed by atoms with van der Waals surface area (Å²) >= 11 is 0. The molecule has 40 heavy (non-hydrogen) atoms. The van der Waals surface area contributed by atoms with Crippen molar-refractivity contribution in [3.63, 3.8) is 0 Å². The molecule has 0 saturated carbocycles. The number of benzene rings is 1. The lowest BCUT2D eigenvalue weighted by atomic mass is 9.77. The highest BCUT2D eigenvalue weighted by atomic mass is 16.5. The average Bonchev–Trinajstić information content (AvgIpc) is 2.98. The Morgan fingerprint density at radius 3 is 2.67 bits per heavy atom. The number of nitrogens with zero attached hydrogens (tertiary/aromatic N) is 3. The minimum atomic E-state index is -0.000539.